The molecule has 0 spiro atoms. The predicted octanol–water partition coefficient (Wildman–Crippen LogP) is 0.583. The van der Waals surface area contributed by atoms with Crippen molar-refractivity contribution in [3.63, 3.8) is 0 Å². The molecule has 0 heterocycles. The van der Waals surface area contributed by atoms with Gasteiger partial charge in [0.15, 0.2) is 0 Å². The van der Waals surface area contributed by atoms with Crippen LogP contribution in [0.15, 0.2) is 0 Å². The molecule has 0 aromatic carbocycles. The van der Waals surface area contributed by atoms with Crippen molar-refractivity contribution in [1.82, 2.24) is 10.2 Å². The monoisotopic (exact) mass is 310 g/mol. The van der Waals surface area contributed by atoms with Gasteiger partial charge in [-0.15, -0.1) is 0 Å². The SMILES string of the molecule is CC(=O)OCCSSCCOCNC(=O)CN(C)C. The minimum absolute atomic E-state index is 0.0478. The molecule has 19 heavy (non-hydrogen) atoms. The first kappa shape index (κ1) is 18.6. The van der Waals surface area contributed by atoms with Gasteiger partial charge in [-0.25, -0.2) is 0 Å². The minimum atomic E-state index is -0.248. The number of hydrogen-bond acceptors (Lipinski definition) is 7. The maximum atomic E-state index is 11.2. The van der Waals surface area contributed by atoms with Gasteiger partial charge in [0.1, 0.15) is 13.3 Å². The van der Waals surface area contributed by atoms with Crippen molar-refractivity contribution in [3.8, 4) is 0 Å². The van der Waals surface area contributed by atoms with Gasteiger partial charge < -0.3 is 19.7 Å². The zero-order chi connectivity index (χ0) is 14.5. The molecular weight excluding hydrogens is 288 g/mol. The van der Waals surface area contributed by atoms with Crippen LogP contribution < -0.4 is 5.32 Å². The first-order chi connectivity index (χ1) is 9.02. The number of carbonyl (C=O) groups excluding carboxylic acids is 2. The largest absolute Gasteiger partial charge is 0.465 e. The van der Waals surface area contributed by atoms with Gasteiger partial charge in [0.25, 0.3) is 0 Å². The molecule has 112 valence electrons. The van der Waals surface area contributed by atoms with Crippen LogP contribution in [0.4, 0.5) is 0 Å². The molecule has 0 saturated heterocycles. The lowest BCUT2D eigenvalue weighted by molar-refractivity contribution is -0.140. The Balaban J connectivity index is 3.14. The topological polar surface area (TPSA) is 67.9 Å². The third-order valence-electron chi connectivity index (χ3n) is 1.70. The molecule has 0 unspecified atom stereocenters. The van der Waals surface area contributed by atoms with Crippen LogP contribution in [0.1, 0.15) is 6.92 Å². The summed E-state index contributed by atoms with van der Waals surface area (Å²) >= 11 is 0. The van der Waals surface area contributed by atoms with Crippen molar-refractivity contribution < 1.29 is 19.1 Å². The number of ether oxygens (including phenoxy) is 2. The Morgan fingerprint density at radius 3 is 2.37 bits per heavy atom. The van der Waals surface area contributed by atoms with E-state index in [0.29, 0.717) is 19.8 Å². The van der Waals surface area contributed by atoms with Gasteiger partial charge in [-0.1, -0.05) is 21.6 Å². The fourth-order valence-electron chi connectivity index (χ4n) is 0.977. The molecule has 0 atom stereocenters. The Labute approximate surface area is 122 Å². The van der Waals surface area contributed by atoms with Gasteiger partial charge in [0, 0.05) is 18.4 Å². The van der Waals surface area contributed by atoms with Crippen LogP contribution in [0.25, 0.3) is 0 Å². The summed E-state index contributed by atoms with van der Waals surface area (Å²) < 4.78 is 10.0. The lowest BCUT2D eigenvalue weighted by atomic mass is 10.5. The lowest BCUT2D eigenvalue weighted by Crippen LogP contribution is -2.34. The summed E-state index contributed by atoms with van der Waals surface area (Å²) in [6.45, 7) is 3.02. The molecule has 8 heteroatoms. The van der Waals surface area contributed by atoms with Gasteiger partial charge in [0.05, 0.1) is 13.2 Å². The van der Waals surface area contributed by atoms with Crippen LogP contribution in [0.2, 0.25) is 0 Å². The van der Waals surface area contributed by atoms with Crippen LogP contribution in [0.5, 0.6) is 0 Å². The van der Waals surface area contributed by atoms with Crippen molar-refractivity contribution in [3.05, 3.63) is 0 Å². The quantitative estimate of drug-likeness (QED) is 0.259. The van der Waals surface area contributed by atoms with E-state index in [2.05, 4.69) is 5.32 Å². The Kier molecular flexibility index (Phi) is 12.3. The van der Waals surface area contributed by atoms with E-state index in [-0.39, 0.29) is 18.6 Å². The fourth-order valence-corrected chi connectivity index (χ4v) is 2.67. The summed E-state index contributed by atoms with van der Waals surface area (Å²) in [7, 11) is 6.96. The van der Waals surface area contributed by atoms with Crippen molar-refractivity contribution in [2.24, 2.45) is 0 Å². The number of amides is 1. The van der Waals surface area contributed by atoms with E-state index in [1.807, 2.05) is 14.1 Å². The zero-order valence-electron chi connectivity index (χ0n) is 11.6. The molecule has 0 bridgehead atoms. The van der Waals surface area contributed by atoms with Crippen LogP contribution >= 0.6 is 21.6 Å². The summed E-state index contributed by atoms with van der Waals surface area (Å²) in [5.41, 5.74) is 0. The maximum absolute atomic E-state index is 11.2. The smallest absolute Gasteiger partial charge is 0.302 e. The first-order valence-electron chi connectivity index (χ1n) is 5.89. The summed E-state index contributed by atoms with van der Waals surface area (Å²) in [5, 5.41) is 2.66. The van der Waals surface area contributed by atoms with Crippen LogP contribution in [-0.2, 0) is 19.1 Å². The highest BCUT2D eigenvalue weighted by molar-refractivity contribution is 8.76. The van der Waals surface area contributed by atoms with Crippen LogP contribution in [-0.4, -0.2) is 68.9 Å². The highest BCUT2D eigenvalue weighted by atomic mass is 33.1. The molecule has 0 aliphatic rings. The third-order valence-corrected chi connectivity index (χ3v) is 4.03. The third kappa shape index (κ3) is 15.5. The van der Waals surface area contributed by atoms with E-state index in [1.165, 1.54) is 6.92 Å². The van der Waals surface area contributed by atoms with Crippen molar-refractivity contribution in [1.29, 1.82) is 0 Å². The molecule has 0 aromatic heterocycles. The van der Waals surface area contributed by atoms with E-state index in [4.69, 9.17) is 9.47 Å². The molecular formula is C11H22N2O4S2. The molecule has 0 aliphatic carbocycles. The second-order valence-electron chi connectivity index (χ2n) is 3.87. The molecule has 1 amide bonds. The number of nitrogens with zero attached hydrogens (tertiary/aromatic N) is 1. The Morgan fingerprint density at radius 2 is 1.79 bits per heavy atom. The number of rotatable bonds is 11. The second-order valence-corrected chi connectivity index (χ2v) is 6.58. The predicted molar refractivity (Wildman–Crippen MR) is 79.1 cm³/mol. The average molecular weight is 310 g/mol. The first-order valence-corrected chi connectivity index (χ1v) is 8.38. The normalized spacial score (nSPS) is 10.5. The van der Waals surface area contributed by atoms with Gasteiger partial charge in [-0.3, -0.25) is 9.59 Å². The Bertz CT molecular complexity index is 265. The number of likely N-dealkylation sites (N-methyl/N-ethyl adjacent to an activating group) is 1. The standard InChI is InChI=1S/C11H22N2O4S2/c1-10(14)17-5-7-19-18-6-4-16-9-12-11(15)8-13(2)3/h4-9H2,1-3H3,(H,12,15). The molecule has 1 N–H and O–H groups in total. The summed E-state index contributed by atoms with van der Waals surface area (Å²) in [5.74, 6) is 1.30. The highest BCUT2D eigenvalue weighted by Crippen LogP contribution is 2.19. The van der Waals surface area contributed by atoms with Gasteiger partial charge >= 0.3 is 5.97 Å². The van der Waals surface area contributed by atoms with Crippen molar-refractivity contribution >= 4 is 33.5 Å². The molecule has 0 radical (unpaired) electrons. The van der Waals surface area contributed by atoms with Gasteiger partial charge in [-0.2, -0.15) is 0 Å². The summed E-state index contributed by atoms with van der Waals surface area (Å²) in [6, 6.07) is 0. The maximum Gasteiger partial charge on any atom is 0.302 e. The molecule has 0 rings (SSSR count). The summed E-state index contributed by atoms with van der Waals surface area (Å²) in [6.07, 6.45) is 0. The van der Waals surface area contributed by atoms with Gasteiger partial charge in [-0.05, 0) is 14.1 Å². The highest BCUT2D eigenvalue weighted by Gasteiger charge is 2.01. The number of esters is 1. The molecule has 0 saturated carbocycles. The number of hydrogen-bond donors (Lipinski definition) is 1. The van der Waals surface area contributed by atoms with E-state index in [0.717, 1.165) is 11.5 Å². The average Bonchev–Trinajstić information content (AvgIpc) is 2.30. The van der Waals surface area contributed by atoms with Crippen molar-refractivity contribution in [2.75, 3.05) is 52.1 Å². The fraction of sp³-hybridized carbons (Fsp3) is 0.818. The Hall–Kier alpha value is -0.440. The van der Waals surface area contributed by atoms with E-state index in [9.17, 15) is 9.59 Å². The van der Waals surface area contributed by atoms with E-state index in [1.54, 1.807) is 26.5 Å². The zero-order valence-corrected chi connectivity index (χ0v) is 13.3. The number of carbonyl (C=O) groups is 2. The van der Waals surface area contributed by atoms with Gasteiger partial charge in [0.2, 0.25) is 5.91 Å². The van der Waals surface area contributed by atoms with E-state index >= 15 is 0 Å². The molecule has 0 aliphatic heterocycles. The van der Waals surface area contributed by atoms with E-state index < -0.39 is 0 Å². The summed E-state index contributed by atoms with van der Waals surface area (Å²) in [4.78, 5) is 23.5. The van der Waals surface area contributed by atoms with Crippen LogP contribution in [0, 0.1) is 0 Å². The molecule has 0 fully saturated rings. The van der Waals surface area contributed by atoms with Crippen LogP contribution in [0.3, 0.4) is 0 Å². The minimum Gasteiger partial charge on any atom is -0.465 e. The van der Waals surface area contributed by atoms with Crippen molar-refractivity contribution in [2.45, 2.75) is 6.92 Å². The molecule has 0 aromatic rings. The molecule has 6 nitrogen and oxygen atoms in total. The second kappa shape index (κ2) is 12.6. The lowest BCUT2D eigenvalue weighted by Gasteiger charge is -2.10. The Morgan fingerprint density at radius 1 is 1.16 bits per heavy atom. The number of nitrogens with one attached hydrogen (secondary N) is 1.